The van der Waals surface area contributed by atoms with Crippen molar-refractivity contribution in [1.29, 1.82) is 0 Å². The Morgan fingerprint density at radius 2 is 2.47 bits per heavy atom. The maximum Gasteiger partial charge on any atom is 0.233 e. The van der Waals surface area contributed by atoms with Crippen molar-refractivity contribution in [3.63, 3.8) is 0 Å². The zero-order valence-electron chi connectivity index (χ0n) is 8.06. The topological polar surface area (TPSA) is 72.1 Å². The number of carbonyl (C=O) groups is 1. The fraction of sp³-hybridized carbons (Fsp3) is 0.444. The molecule has 6 heteroatoms. The van der Waals surface area contributed by atoms with Crippen molar-refractivity contribution in [1.82, 2.24) is 9.97 Å². The van der Waals surface area contributed by atoms with E-state index in [1.807, 2.05) is 0 Å². The molecule has 1 aliphatic heterocycles. The lowest BCUT2D eigenvalue weighted by molar-refractivity contribution is -0.117. The van der Waals surface area contributed by atoms with Gasteiger partial charge in [-0.25, -0.2) is 9.97 Å². The van der Waals surface area contributed by atoms with Crippen LogP contribution < -0.4 is 10.6 Å². The van der Waals surface area contributed by atoms with Gasteiger partial charge in [0.05, 0.1) is 0 Å². The van der Waals surface area contributed by atoms with E-state index in [1.54, 1.807) is 17.2 Å². The molecule has 0 aliphatic carbocycles. The summed E-state index contributed by atoms with van der Waals surface area (Å²) < 4.78 is 0.677. The lowest BCUT2D eigenvalue weighted by Crippen LogP contribution is -2.27. The van der Waals surface area contributed by atoms with Crippen LogP contribution in [0.1, 0.15) is 6.42 Å². The van der Waals surface area contributed by atoms with Gasteiger partial charge in [0, 0.05) is 19.2 Å². The van der Waals surface area contributed by atoms with Gasteiger partial charge in [-0.3, -0.25) is 9.69 Å². The van der Waals surface area contributed by atoms with Crippen molar-refractivity contribution in [2.75, 3.05) is 18.0 Å². The third-order valence-electron chi connectivity index (χ3n) is 2.39. The summed E-state index contributed by atoms with van der Waals surface area (Å²) in [6.45, 7) is 1.14. The Balaban J connectivity index is 2.21. The lowest BCUT2D eigenvalue weighted by Gasteiger charge is -2.13. The van der Waals surface area contributed by atoms with Gasteiger partial charge in [0.15, 0.2) is 0 Å². The zero-order chi connectivity index (χ0) is 10.8. The molecule has 0 saturated carbocycles. The fourth-order valence-corrected chi connectivity index (χ4v) is 1.87. The summed E-state index contributed by atoms with van der Waals surface area (Å²) in [6.07, 6.45) is 2.11. The third-order valence-corrected chi connectivity index (χ3v) is 2.83. The van der Waals surface area contributed by atoms with Crippen molar-refractivity contribution in [2.45, 2.75) is 6.42 Å². The van der Waals surface area contributed by atoms with E-state index in [-0.39, 0.29) is 11.8 Å². The van der Waals surface area contributed by atoms with E-state index in [2.05, 4.69) is 25.9 Å². The van der Waals surface area contributed by atoms with Crippen molar-refractivity contribution >= 4 is 27.8 Å². The molecule has 1 fully saturated rings. The summed E-state index contributed by atoms with van der Waals surface area (Å²) in [4.78, 5) is 21.4. The van der Waals surface area contributed by atoms with Gasteiger partial charge in [-0.05, 0) is 34.5 Å². The van der Waals surface area contributed by atoms with Crippen LogP contribution in [0.5, 0.6) is 0 Å². The number of anilines is 1. The molecule has 5 nitrogen and oxygen atoms in total. The monoisotopic (exact) mass is 270 g/mol. The van der Waals surface area contributed by atoms with Crippen LogP contribution in [0.3, 0.4) is 0 Å². The van der Waals surface area contributed by atoms with Crippen LogP contribution in [0.2, 0.25) is 0 Å². The molecular weight excluding hydrogens is 260 g/mol. The van der Waals surface area contributed by atoms with E-state index in [1.165, 1.54) is 0 Å². The maximum absolute atomic E-state index is 11.6. The molecule has 1 atom stereocenters. The van der Waals surface area contributed by atoms with Crippen molar-refractivity contribution in [3.8, 4) is 0 Å². The first kappa shape index (κ1) is 10.5. The summed E-state index contributed by atoms with van der Waals surface area (Å²) in [5.41, 5.74) is 5.54. The number of nitrogens with two attached hydrogens (primary N) is 1. The van der Waals surface area contributed by atoms with E-state index in [0.717, 1.165) is 0 Å². The second kappa shape index (κ2) is 4.24. The minimum atomic E-state index is 0.0450. The molecule has 1 saturated heterocycles. The highest BCUT2D eigenvalue weighted by Crippen LogP contribution is 2.21. The van der Waals surface area contributed by atoms with Gasteiger partial charge < -0.3 is 5.73 Å². The number of hydrogen-bond acceptors (Lipinski definition) is 4. The van der Waals surface area contributed by atoms with Crippen molar-refractivity contribution in [2.24, 2.45) is 11.7 Å². The predicted molar refractivity (Wildman–Crippen MR) is 59.2 cm³/mol. The molecule has 1 aromatic rings. The van der Waals surface area contributed by atoms with E-state index < -0.39 is 0 Å². The Morgan fingerprint density at radius 1 is 1.67 bits per heavy atom. The molecule has 0 aromatic carbocycles. The maximum atomic E-state index is 11.6. The summed E-state index contributed by atoms with van der Waals surface area (Å²) in [5, 5.41) is 0. The zero-order valence-corrected chi connectivity index (χ0v) is 9.64. The molecule has 1 unspecified atom stereocenters. The Kier molecular flexibility index (Phi) is 2.97. The van der Waals surface area contributed by atoms with Crippen LogP contribution >= 0.6 is 15.9 Å². The highest BCUT2D eigenvalue weighted by Gasteiger charge is 2.31. The number of hydrogen-bond donors (Lipinski definition) is 1. The lowest BCUT2D eigenvalue weighted by atomic mass is 10.1. The smallest absolute Gasteiger partial charge is 0.233 e. The number of nitrogens with zero attached hydrogens (tertiary/aromatic N) is 3. The van der Waals surface area contributed by atoms with Gasteiger partial charge in [-0.1, -0.05) is 0 Å². The number of carbonyl (C=O) groups excluding carboxylic acids is 1. The van der Waals surface area contributed by atoms with Crippen LogP contribution in [0.15, 0.2) is 16.9 Å². The van der Waals surface area contributed by atoms with Crippen LogP contribution in [-0.4, -0.2) is 29.0 Å². The fourth-order valence-electron chi connectivity index (χ4n) is 1.59. The van der Waals surface area contributed by atoms with Crippen molar-refractivity contribution < 1.29 is 4.79 Å². The van der Waals surface area contributed by atoms with E-state index in [4.69, 9.17) is 5.73 Å². The molecule has 80 valence electrons. The second-order valence-corrected chi connectivity index (χ2v) is 4.30. The first-order valence-corrected chi connectivity index (χ1v) is 5.49. The molecule has 15 heavy (non-hydrogen) atoms. The summed E-state index contributed by atoms with van der Waals surface area (Å²) >= 11 is 3.25. The Labute approximate surface area is 95.8 Å². The molecule has 1 aromatic heterocycles. The average molecular weight is 271 g/mol. The molecule has 2 heterocycles. The Morgan fingerprint density at radius 3 is 3.07 bits per heavy atom. The first-order chi connectivity index (χ1) is 7.20. The molecule has 1 amide bonds. The molecule has 2 N–H and O–H groups in total. The van der Waals surface area contributed by atoms with Gasteiger partial charge >= 0.3 is 0 Å². The summed E-state index contributed by atoms with van der Waals surface area (Å²) in [7, 11) is 0. The second-order valence-electron chi connectivity index (χ2n) is 3.49. The van der Waals surface area contributed by atoms with Gasteiger partial charge in [0.1, 0.15) is 4.60 Å². The number of amides is 1. The highest BCUT2D eigenvalue weighted by atomic mass is 79.9. The minimum absolute atomic E-state index is 0.0450. The standard InChI is InChI=1S/C9H11BrN4O/c10-7-1-2-12-9(13-7)14-5-6(4-11)3-8(14)15/h1-2,6H,3-5,11H2. The Hall–Kier alpha value is -1.01. The van der Waals surface area contributed by atoms with E-state index in [9.17, 15) is 4.79 Å². The summed E-state index contributed by atoms with van der Waals surface area (Å²) in [6, 6.07) is 1.73. The third kappa shape index (κ3) is 2.15. The molecule has 0 bridgehead atoms. The SMILES string of the molecule is NCC1CC(=O)N(c2nccc(Br)n2)C1. The molecule has 2 rings (SSSR count). The highest BCUT2D eigenvalue weighted by molar-refractivity contribution is 9.10. The first-order valence-electron chi connectivity index (χ1n) is 4.69. The predicted octanol–water partition coefficient (Wildman–Crippen LogP) is 0.551. The van der Waals surface area contributed by atoms with Gasteiger partial charge in [-0.2, -0.15) is 0 Å². The normalized spacial score (nSPS) is 21.1. The van der Waals surface area contributed by atoms with Crippen LogP contribution in [0.25, 0.3) is 0 Å². The quantitative estimate of drug-likeness (QED) is 0.797. The van der Waals surface area contributed by atoms with Crippen LogP contribution in [0.4, 0.5) is 5.95 Å². The molecule has 0 radical (unpaired) electrons. The van der Waals surface area contributed by atoms with Gasteiger partial charge in [0.2, 0.25) is 11.9 Å². The van der Waals surface area contributed by atoms with Gasteiger partial charge in [-0.15, -0.1) is 0 Å². The van der Waals surface area contributed by atoms with Gasteiger partial charge in [0.25, 0.3) is 0 Å². The van der Waals surface area contributed by atoms with Crippen molar-refractivity contribution in [3.05, 3.63) is 16.9 Å². The van der Waals surface area contributed by atoms with E-state index >= 15 is 0 Å². The molecule has 0 spiro atoms. The molecular formula is C9H11BrN4O. The van der Waals surface area contributed by atoms with E-state index in [0.29, 0.717) is 30.1 Å². The van der Waals surface area contributed by atoms with Crippen LogP contribution in [0, 0.1) is 5.92 Å². The number of aromatic nitrogens is 2. The van der Waals surface area contributed by atoms with Crippen LogP contribution in [-0.2, 0) is 4.79 Å². The minimum Gasteiger partial charge on any atom is -0.330 e. The number of rotatable bonds is 2. The summed E-state index contributed by atoms with van der Waals surface area (Å²) in [5.74, 6) is 0.717. The largest absolute Gasteiger partial charge is 0.330 e. The Bertz CT molecular complexity index is 384. The molecule has 1 aliphatic rings. The number of halogens is 1. The average Bonchev–Trinajstić information content (AvgIpc) is 2.60.